The normalized spacial score (nSPS) is 15.1. The van der Waals surface area contributed by atoms with E-state index in [-0.39, 0.29) is 5.96 Å². The van der Waals surface area contributed by atoms with Gasteiger partial charge in [-0.15, -0.1) is 0 Å². The average Bonchev–Trinajstić information content (AvgIpc) is 2.55. The molecule has 1 heterocycles. The first-order chi connectivity index (χ1) is 8.06. The average molecular weight is 254 g/mol. The summed E-state index contributed by atoms with van der Waals surface area (Å²) in [6.45, 7) is 3.29. The van der Waals surface area contributed by atoms with Crippen molar-refractivity contribution in [2.75, 3.05) is 31.8 Å². The minimum Gasteiger partial charge on any atom is -0.370 e. The molecule has 0 aromatic carbocycles. The van der Waals surface area contributed by atoms with E-state index < -0.39 is 0 Å². The molecule has 0 atom stereocenters. The summed E-state index contributed by atoms with van der Waals surface area (Å²) in [5, 5.41) is 9.00. The molecule has 1 aliphatic rings. The lowest BCUT2D eigenvalue weighted by molar-refractivity contribution is 0.350. The molecule has 0 radical (unpaired) electrons. The summed E-state index contributed by atoms with van der Waals surface area (Å²) in [5.74, 6) is 1.78. The molecule has 1 aliphatic heterocycles. The molecule has 0 fully saturated rings. The van der Waals surface area contributed by atoms with Gasteiger partial charge in [-0.05, 0) is 6.92 Å². The Labute approximate surface area is 106 Å². The molecular weight excluding hydrogens is 236 g/mol. The number of thioether (sulfide) groups is 1. The van der Waals surface area contributed by atoms with Crippen LogP contribution >= 0.6 is 11.8 Å². The van der Waals surface area contributed by atoms with Gasteiger partial charge in [0.25, 0.3) is 0 Å². The van der Waals surface area contributed by atoms with Crippen LogP contribution in [-0.4, -0.2) is 47.5 Å². The van der Waals surface area contributed by atoms with Gasteiger partial charge in [-0.3, -0.25) is 9.89 Å². The molecule has 0 saturated heterocycles. The van der Waals surface area contributed by atoms with Gasteiger partial charge in [0.1, 0.15) is 6.67 Å². The van der Waals surface area contributed by atoms with E-state index in [2.05, 4.69) is 16.1 Å². The Morgan fingerprint density at radius 3 is 2.88 bits per heavy atom. The second-order valence-corrected chi connectivity index (χ2v) is 4.86. The molecule has 0 spiro atoms. The van der Waals surface area contributed by atoms with Gasteiger partial charge in [0.2, 0.25) is 0 Å². The summed E-state index contributed by atoms with van der Waals surface area (Å²) in [7, 11) is 1.98. The summed E-state index contributed by atoms with van der Waals surface area (Å²) in [6, 6.07) is 0. The smallest absolute Gasteiger partial charge is 0.185 e. The first kappa shape index (κ1) is 13.5. The van der Waals surface area contributed by atoms with Gasteiger partial charge in [-0.25, -0.2) is 0 Å². The van der Waals surface area contributed by atoms with Gasteiger partial charge in [0.05, 0.1) is 12.2 Å². The summed E-state index contributed by atoms with van der Waals surface area (Å²) >= 11 is 1.72. The molecule has 0 saturated carbocycles. The van der Waals surface area contributed by atoms with Crippen LogP contribution in [0.5, 0.6) is 0 Å². The minimum absolute atomic E-state index is 0.125. The van der Waals surface area contributed by atoms with Gasteiger partial charge < -0.3 is 16.4 Å². The Bertz CT molecular complexity index is 365. The van der Waals surface area contributed by atoms with Crippen LogP contribution in [0.15, 0.2) is 16.4 Å². The number of nitriles is 1. The predicted molar refractivity (Wildman–Crippen MR) is 70.8 cm³/mol. The lowest BCUT2D eigenvalue weighted by atomic mass is 10.4. The lowest BCUT2D eigenvalue weighted by Gasteiger charge is -2.12. The Hall–Kier alpha value is -1.55. The van der Waals surface area contributed by atoms with Crippen molar-refractivity contribution in [1.29, 1.82) is 5.26 Å². The van der Waals surface area contributed by atoms with Crippen molar-refractivity contribution >= 4 is 17.7 Å². The van der Waals surface area contributed by atoms with Crippen molar-refractivity contribution in [3.8, 4) is 6.19 Å². The van der Waals surface area contributed by atoms with Crippen LogP contribution in [0.2, 0.25) is 0 Å². The van der Waals surface area contributed by atoms with Crippen molar-refractivity contribution in [3.05, 3.63) is 11.4 Å². The van der Waals surface area contributed by atoms with Crippen molar-refractivity contribution in [3.63, 3.8) is 0 Å². The van der Waals surface area contributed by atoms with Gasteiger partial charge >= 0.3 is 0 Å². The third kappa shape index (κ3) is 3.75. The number of nitrogens with two attached hydrogens (primary N) is 2. The highest BCUT2D eigenvalue weighted by Crippen LogP contribution is 2.24. The highest BCUT2D eigenvalue weighted by Gasteiger charge is 2.22. The zero-order valence-corrected chi connectivity index (χ0v) is 11.0. The molecule has 0 unspecified atom stereocenters. The number of nitrogens with zero attached hydrogens (tertiary/aromatic N) is 4. The first-order valence-electron chi connectivity index (χ1n) is 5.27. The summed E-state index contributed by atoms with van der Waals surface area (Å²) < 4.78 is 0. The second kappa shape index (κ2) is 6.25. The Morgan fingerprint density at radius 1 is 1.59 bits per heavy atom. The SMILES string of the molecule is CC1=C(CSCCN=C(N)N)N(C#N)CN1C. The highest BCUT2D eigenvalue weighted by atomic mass is 32.2. The fourth-order valence-electron chi connectivity index (χ4n) is 1.50. The van der Waals surface area contributed by atoms with Crippen LogP contribution in [0, 0.1) is 11.5 Å². The molecule has 0 bridgehead atoms. The van der Waals surface area contributed by atoms with Crippen LogP contribution in [0.25, 0.3) is 0 Å². The van der Waals surface area contributed by atoms with Crippen molar-refractivity contribution in [1.82, 2.24) is 9.80 Å². The Morgan fingerprint density at radius 2 is 2.29 bits per heavy atom. The van der Waals surface area contributed by atoms with E-state index in [1.807, 2.05) is 14.0 Å². The highest BCUT2D eigenvalue weighted by molar-refractivity contribution is 7.99. The quantitative estimate of drug-likeness (QED) is 0.308. The number of guanidine groups is 1. The van der Waals surface area contributed by atoms with Gasteiger partial charge in [0.15, 0.2) is 12.2 Å². The van der Waals surface area contributed by atoms with Crippen LogP contribution in [0.4, 0.5) is 0 Å². The molecule has 1 rings (SSSR count). The molecule has 4 N–H and O–H groups in total. The largest absolute Gasteiger partial charge is 0.370 e. The Kier molecular flexibility index (Phi) is 4.97. The van der Waals surface area contributed by atoms with Crippen LogP contribution < -0.4 is 11.5 Å². The van der Waals surface area contributed by atoms with Crippen LogP contribution in [-0.2, 0) is 0 Å². The number of rotatable bonds is 5. The second-order valence-electron chi connectivity index (χ2n) is 3.76. The summed E-state index contributed by atoms with van der Waals surface area (Å²) in [6.07, 6.45) is 2.19. The monoisotopic (exact) mass is 254 g/mol. The zero-order valence-electron chi connectivity index (χ0n) is 10.2. The molecule has 6 nitrogen and oxygen atoms in total. The lowest BCUT2D eigenvalue weighted by Crippen LogP contribution is -2.23. The molecule has 94 valence electrons. The van der Waals surface area contributed by atoms with Crippen LogP contribution in [0.3, 0.4) is 0 Å². The van der Waals surface area contributed by atoms with E-state index in [1.165, 1.54) is 0 Å². The van der Waals surface area contributed by atoms with E-state index in [0.717, 1.165) is 22.9 Å². The number of hydrogen-bond donors (Lipinski definition) is 2. The topological polar surface area (TPSA) is 94.7 Å². The maximum absolute atomic E-state index is 9.00. The number of aliphatic imine (C=N–C) groups is 1. The van der Waals surface area contributed by atoms with Crippen molar-refractivity contribution in [2.24, 2.45) is 16.5 Å². The standard InChI is InChI=1S/C10H18N6S/c1-8-9(16(6-11)7-15(8)2)5-17-4-3-14-10(12)13/h3-5,7H2,1-2H3,(H4,12,13,14). The molecular formula is C10H18N6S. The molecule has 0 amide bonds. The maximum atomic E-state index is 9.00. The van der Waals surface area contributed by atoms with E-state index in [9.17, 15) is 0 Å². The van der Waals surface area contributed by atoms with Crippen LogP contribution in [0.1, 0.15) is 6.92 Å². The first-order valence-corrected chi connectivity index (χ1v) is 6.43. The van der Waals surface area contributed by atoms with Gasteiger partial charge in [-0.1, -0.05) is 0 Å². The molecule has 0 aliphatic carbocycles. The van der Waals surface area contributed by atoms with Gasteiger partial charge in [0, 0.05) is 24.3 Å². The number of allylic oxidation sites excluding steroid dienone is 1. The predicted octanol–water partition coefficient (Wildman–Crippen LogP) is -0.0895. The van der Waals surface area contributed by atoms with Crippen molar-refractivity contribution in [2.45, 2.75) is 6.92 Å². The summed E-state index contributed by atoms with van der Waals surface area (Å²) in [5.41, 5.74) is 12.7. The Balaban J connectivity index is 2.40. The number of hydrogen-bond acceptors (Lipinski definition) is 5. The van der Waals surface area contributed by atoms with Gasteiger partial charge in [-0.2, -0.15) is 17.0 Å². The van der Waals surface area contributed by atoms with E-state index in [0.29, 0.717) is 13.2 Å². The van der Waals surface area contributed by atoms with E-state index in [4.69, 9.17) is 16.7 Å². The van der Waals surface area contributed by atoms with E-state index >= 15 is 0 Å². The maximum Gasteiger partial charge on any atom is 0.185 e. The fraction of sp³-hybridized carbons (Fsp3) is 0.600. The molecule has 0 aromatic heterocycles. The minimum atomic E-state index is 0.125. The fourth-order valence-corrected chi connectivity index (χ4v) is 2.42. The summed E-state index contributed by atoms with van der Waals surface area (Å²) in [4.78, 5) is 7.68. The van der Waals surface area contributed by atoms with E-state index in [1.54, 1.807) is 16.7 Å². The zero-order chi connectivity index (χ0) is 12.8. The molecule has 0 aromatic rings. The third-order valence-corrected chi connectivity index (χ3v) is 3.51. The van der Waals surface area contributed by atoms with Crippen molar-refractivity contribution < 1.29 is 0 Å². The molecule has 7 heteroatoms. The molecule has 17 heavy (non-hydrogen) atoms. The third-order valence-electron chi connectivity index (χ3n) is 2.56.